The quantitative estimate of drug-likeness (QED) is 0.828. The van der Waals surface area contributed by atoms with Gasteiger partial charge < -0.3 is 15.4 Å². The Morgan fingerprint density at radius 1 is 1.45 bits per heavy atom. The second kappa shape index (κ2) is 8.02. The summed E-state index contributed by atoms with van der Waals surface area (Å²) in [5, 5.41) is 6.32. The van der Waals surface area contributed by atoms with E-state index in [0.717, 1.165) is 25.8 Å². The summed E-state index contributed by atoms with van der Waals surface area (Å²) in [6.45, 7) is 4.18. The minimum absolute atomic E-state index is 0.00609. The normalized spacial score (nSPS) is 20.4. The molecule has 1 aliphatic heterocycles. The van der Waals surface area contributed by atoms with Crippen molar-refractivity contribution in [2.75, 3.05) is 19.7 Å². The first-order chi connectivity index (χ1) is 9.79. The molecule has 1 heterocycles. The predicted molar refractivity (Wildman–Crippen MR) is 79.6 cm³/mol. The summed E-state index contributed by atoms with van der Waals surface area (Å²) in [4.78, 5) is 12.2. The van der Waals surface area contributed by atoms with Gasteiger partial charge in [0.05, 0.1) is 6.61 Å². The molecule has 4 nitrogen and oxygen atoms in total. The summed E-state index contributed by atoms with van der Waals surface area (Å²) in [6.07, 6.45) is 2.57. The number of benzene rings is 1. The second-order valence-electron chi connectivity index (χ2n) is 5.25. The van der Waals surface area contributed by atoms with Crippen LogP contribution in [-0.4, -0.2) is 37.7 Å². The monoisotopic (exact) mass is 276 g/mol. The van der Waals surface area contributed by atoms with E-state index in [1.54, 1.807) is 0 Å². The van der Waals surface area contributed by atoms with E-state index in [4.69, 9.17) is 4.74 Å². The topological polar surface area (TPSA) is 50.4 Å². The van der Waals surface area contributed by atoms with Crippen molar-refractivity contribution in [3.05, 3.63) is 35.9 Å². The fraction of sp³-hybridized carbons (Fsp3) is 0.562. The number of carbonyl (C=O) groups is 1. The Kier molecular flexibility index (Phi) is 6.02. The van der Waals surface area contributed by atoms with Crippen LogP contribution in [0.3, 0.4) is 0 Å². The molecular formula is C16H24N2O2. The molecule has 1 saturated heterocycles. The molecule has 1 amide bonds. The molecule has 2 unspecified atom stereocenters. The highest BCUT2D eigenvalue weighted by Crippen LogP contribution is 2.08. The lowest BCUT2D eigenvalue weighted by atomic mass is 10.0. The molecule has 0 radical (unpaired) electrons. The van der Waals surface area contributed by atoms with E-state index in [1.165, 1.54) is 5.56 Å². The van der Waals surface area contributed by atoms with Gasteiger partial charge >= 0.3 is 0 Å². The number of carbonyl (C=O) groups excluding carboxylic acids is 1. The average Bonchev–Trinajstić information content (AvgIpc) is 2.49. The first-order valence-corrected chi connectivity index (χ1v) is 7.46. The molecule has 20 heavy (non-hydrogen) atoms. The van der Waals surface area contributed by atoms with Crippen LogP contribution < -0.4 is 10.6 Å². The van der Waals surface area contributed by atoms with Gasteiger partial charge in [-0.25, -0.2) is 0 Å². The molecule has 4 heteroatoms. The smallest absolute Gasteiger partial charge is 0.250 e. The fourth-order valence-electron chi connectivity index (χ4n) is 2.50. The van der Waals surface area contributed by atoms with Crippen molar-refractivity contribution in [2.24, 2.45) is 0 Å². The van der Waals surface area contributed by atoms with Crippen molar-refractivity contribution >= 4 is 5.91 Å². The van der Waals surface area contributed by atoms with Crippen LogP contribution in [0.1, 0.15) is 25.3 Å². The molecule has 2 atom stereocenters. The summed E-state index contributed by atoms with van der Waals surface area (Å²) < 4.78 is 5.49. The number of hydrogen-bond acceptors (Lipinski definition) is 3. The first kappa shape index (κ1) is 15.0. The van der Waals surface area contributed by atoms with Crippen molar-refractivity contribution in [3.8, 4) is 0 Å². The molecule has 1 aromatic carbocycles. The van der Waals surface area contributed by atoms with Gasteiger partial charge in [0.25, 0.3) is 5.91 Å². The maximum Gasteiger partial charge on any atom is 0.250 e. The van der Waals surface area contributed by atoms with E-state index in [1.807, 2.05) is 18.2 Å². The number of ether oxygens (including phenoxy) is 1. The van der Waals surface area contributed by atoms with Gasteiger partial charge in [-0.05, 0) is 18.4 Å². The maximum atomic E-state index is 12.2. The van der Waals surface area contributed by atoms with Gasteiger partial charge in [-0.2, -0.15) is 0 Å². The van der Waals surface area contributed by atoms with Crippen molar-refractivity contribution in [1.29, 1.82) is 0 Å². The number of nitrogens with one attached hydrogen (secondary N) is 2. The van der Waals surface area contributed by atoms with Crippen LogP contribution in [0.4, 0.5) is 0 Å². The van der Waals surface area contributed by atoms with Gasteiger partial charge in [-0.1, -0.05) is 43.7 Å². The van der Waals surface area contributed by atoms with Gasteiger partial charge in [0.15, 0.2) is 0 Å². The SMILES string of the molecule is CCCC(Cc1ccccc1)NC(=O)C1CNCCO1. The summed E-state index contributed by atoms with van der Waals surface area (Å²) in [5.41, 5.74) is 1.26. The standard InChI is InChI=1S/C16H24N2O2/c1-2-6-14(11-13-7-4-3-5-8-13)18-16(19)15-12-17-9-10-20-15/h3-5,7-8,14-15,17H,2,6,9-12H2,1H3,(H,18,19). The maximum absolute atomic E-state index is 12.2. The molecule has 0 saturated carbocycles. The Morgan fingerprint density at radius 2 is 2.25 bits per heavy atom. The molecule has 1 aliphatic rings. The summed E-state index contributed by atoms with van der Waals surface area (Å²) in [7, 11) is 0. The number of rotatable bonds is 6. The lowest BCUT2D eigenvalue weighted by molar-refractivity contribution is -0.135. The fourth-order valence-corrected chi connectivity index (χ4v) is 2.50. The average molecular weight is 276 g/mol. The first-order valence-electron chi connectivity index (χ1n) is 7.46. The number of amides is 1. The molecule has 0 spiro atoms. The van der Waals surface area contributed by atoms with Crippen LogP contribution in [0.15, 0.2) is 30.3 Å². The van der Waals surface area contributed by atoms with Crippen molar-refractivity contribution in [2.45, 2.75) is 38.3 Å². The number of morpholine rings is 1. The van der Waals surface area contributed by atoms with E-state index >= 15 is 0 Å². The molecular weight excluding hydrogens is 252 g/mol. The highest BCUT2D eigenvalue weighted by atomic mass is 16.5. The molecule has 110 valence electrons. The molecule has 0 bridgehead atoms. The molecule has 1 fully saturated rings. The Morgan fingerprint density at radius 3 is 2.90 bits per heavy atom. The van der Waals surface area contributed by atoms with Gasteiger partial charge in [0.1, 0.15) is 6.10 Å². The van der Waals surface area contributed by atoms with Crippen molar-refractivity contribution < 1.29 is 9.53 Å². The molecule has 1 aromatic rings. The molecule has 2 rings (SSSR count). The summed E-state index contributed by atoms with van der Waals surface area (Å²) in [5.74, 6) is 0.00609. The van der Waals surface area contributed by atoms with E-state index in [0.29, 0.717) is 13.2 Å². The minimum atomic E-state index is -0.348. The molecule has 0 aromatic heterocycles. The van der Waals surface area contributed by atoms with Gasteiger partial charge in [0, 0.05) is 19.1 Å². The zero-order valence-corrected chi connectivity index (χ0v) is 12.1. The van der Waals surface area contributed by atoms with Gasteiger partial charge in [-0.3, -0.25) is 4.79 Å². The van der Waals surface area contributed by atoms with Gasteiger partial charge in [-0.15, -0.1) is 0 Å². The zero-order chi connectivity index (χ0) is 14.2. The Bertz CT molecular complexity index is 402. The molecule has 2 N–H and O–H groups in total. The van der Waals surface area contributed by atoms with Crippen LogP contribution in [0.25, 0.3) is 0 Å². The van der Waals surface area contributed by atoms with Crippen LogP contribution >= 0.6 is 0 Å². The highest BCUT2D eigenvalue weighted by Gasteiger charge is 2.23. The minimum Gasteiger partial charge on any atom is -0.366 e. The Labute approximate surface area is 120 Å². The lowest BCUT2D eigenvalue weighted by Crippen LogP contribution is -2.50. The third kappa shape index (κ3) is 4.62. The lowest BCUT2D eigenvalue weighted by Gasteiger charge is -2.26. The Balaban J connectivity index is 1.89. The van der Waals surface area contributed by atoms with Crippen LogP contribution in [0.5, 0.6) is 0 Å². The summed E-state index contributed by atoms with van der Waals surface area (Å²) in [6, 6.07) is 10.5. The Hall–Kier alpha value is -1.39. The van der Waals surface area contributed by atoms with Crippen molar-refractivity contribution in [1.82, 2.24) is 10.6 Å². The van der Waals surface area contributed by atoms with E-state index in [-0.39, 0.29) is 18.1 Å². The van der Waals surface area contributed by atoms with Crippen LogP contribution in [-0.2, 0) is 16.0 Å². The predicted octanol–water partition coefficient (Wildman–Crippen LogP) is 1.50. The zero-order valence-electron chi connectivity index (χ0n) is 12.1. The van der Waals surface area contributed by atoms with E-state index in [9.17, 15) is 4.79 Å². The van der Waals surface area contributed by atoms with Crippen LogP contribution in [0.2, 0.25) is 0 Å². The third-order valence-corrected chi connectivity index (χ3v) is 3.53. The van der Waals surface area contributed by atoms with Crippen LogP contribution in [0, 0.1) is 0 Å². The van der Waals surface area contributed by atoms with Crippen molar-refractivity contribution in [3.63, 3.8) is 0 Å². The summed E-state index contributed by atoms with van der Waals surface area (Å²) >= 11 is 0. The number of hydrogen-bond donors (Lipinski definition) is 2. The highest BCUT2D eigenvalue weighted by molar-refractivity contribution is 5.81. The van der Waals surface area contributed by atoms with E-state index < -0.39 is 0 Å². The van der Waals surface area contributed by atoms with Gasteiger partial charge in [0.2, 0.25) is 0 Å². The van der Waals surface area contributed by atoms with E-state index in [2.05, 4.69) is 29.7 Å². The largest absolute Gasteiger partial charge is 0.366 e. The third-order valence-electron chi connectivity index (χ3n) is 3.53. The molecule has 0 aliphatic carbocycles. The second-order valence-corrected chi connectivity index (χ2v) is 5.25.